The van der Waals surface area contributed by atoms with Gasteiger partial charge < -0.3 is 5.11 Å². The van der Waals surface area contributed by atoms with Crippen LogP contribution in [-0.4, -0.2) is 16.6 Å². The molecule has 1 aliphatic heterocycles. The highest BCUT2D eigenvalue weighted by Crippen LogP contribution is 2.22. The van der Waals surface area contributed by atoms with Gasteiger partial charge in [-0.3, -0.25) is 0 Å². The predicted molar refractivity (Wildman–Crippen MR) is 22.5 cm³/mol. The standard InChI is InChI=1S/C3H5OS/c4-3-1-5-2-3/h4H,1-2H2. The van der Waals surface area contributed by atoms with Crippen molar-refractivity contribution in [1.82, 2.24) is 0 Å². The molecule has 1 fully saturated rings. The number of hydrogen-bond donors (Lipinski definition) is 1. The first-order valence-electron chi connectivity index (χ1n) is 1.51. The molecule has 29 valence electrons. The van der Waals surface area contributed by atoms with E-state index in [0.29, 0.717) is 6.10 Å². The second kappa shape index (κ2) is 1.19. The maximum absolute atomic E-state index is 8.34. The van der Waals surface area contributed by atoms with Crippen molar-refractivity contribution in [3.63, 3.8) is 0 Å². The average molecular weight is 89.1 g/mol. The van der Waals surface area contributed by atoms with Crippen molar-refractivity contribution in [3.8, 4) is 0 Å². The van der Waals surface area contributed by atoms with E-state index in [1.54, 1.807) is 11.8 Å². The van der Waals surface area contributed by atoms with E-state index < -0.39 is 0 Å². The molecule has 0 unspecified atom stereocenters. The zero-order chi connectivity index (χ0) is 3.70. The van der Waals surface area contributed by atoms with Crippen LogP contribution in [-0.2, 0) is 0 Å². The Labute approximate surface area is 35.4 Å². The minimum absolute atomic E-state index is 0.648. The van der Waals surface area contributed by atoms with Gasteiger partial charge in [0.2, 0.25) is 0 Å². The maximum Gasteiger partial charge on any atom is 0.113 e. The molecule has 0 aromatic rings. The van der Waals surface area contributed by atoms with Crippen LogP contribution >= 0.6 is 11.8 Å². The van der Waals surface area contributed by atoms with Gasteiger partial charge in [-0.1, -0.05) is 0 Å². The summed E-state index contributed by atoms with van der Waals surface area (Å²) in [5.41, 5.74) is 0. The number of rotatable bonds is 0. The zero-order valence-corrected chi connectivity index (χ0v) is 3.59. The van der Waals surface area contributed by atoms with Crippen molar-refractivity contribution < 1.29 is 5.11 Å². The Morgan fingerprint density at radius 3 is 2.00 bits per heavy atom. The molecule has 2 heteroatoms. The fraction of sp³-hybridized carbons (Fsp3) is 0.667. The fourth-order valence-corrected chi connectivity index (χ4v) is 0.580. The SMILES string of the molecule is O[C]1CSC1. The topological polar surface area (TPSA) is 20.2 Å². The molecular formula is C3H5OS. The molecule has 1 aliphatic rings. The first kappa shape index (κ1) is 3.50. The van der Waals surface area contributed by atoms with E-state index in [2.05, 4.69) is 0 Å². The van der Waals surface area contributed by atoms with Crippen LogP contribution in [0, 0.1) is 6.10 Å². The van der Waals surface area contributed by atoms with E-state index in [9.17, 15) is 0 Å². The monoisotopic (exact) mass is 89.0 g/mol. The Hall–Kier alpha value is 0.310. The Morgan fingerprint density at radius 2 is 2.00 bits per heavy atom. The molecule has 0 amide bonds. The highest BCUT2D eigenvalue weighted by atomic mass is 32.2. The van der Waals surface area contributed by atoms with E-state index in [1.165, 1.54) is 0 Å². The molecule has 1 nitrogen and oxygen atoms in total. The van der Waals surface area contributed by atoms with Gasteiger partial charge in [-0.05, 0) is 0 Å². The van der Waals surface area contributed by atoms with Gasteiger partial charge in [-0.25, -0.2) is 0 Å². The normalized spacial score (nSPS) is 25.8. The lowest BCUT2D eigenvalue weighted by Crippen LogP contribution is -2.13. The van der Waals surface area contributed by atoms with Gasteiger partial charge in [-0.15, -0.1) is 0 Å². The van der Waals surface area contributed by atoms with Crippen LogP contribution in [0.15, 0.2) is 0 Å². The summed E-state index contributed by atoms with van der Waals surface area (Å²) >= 11 is 1.76. The number of aliphatic hydroxyl groups is 1. The first-order chi connectivity index (χ1) is 2.39. The Balaban J connectivity index is 2.08. The van der Waals surface area contributed by atoms with Gasteiger partial charge >= 0.3 is 0 Å². The van der Waals surface area contributed by atoms with Gasteiger partial charge in [0.25, 0.3) is 0 Å². The molecule has 1 N–H and O–H groups in total. The third-order valence-corrected chi connectivity index (χ3v) is 1.61. The molecule has 1 rings (SSSR count). The lowest BCUT2D eigenvalue weighted by Gasteiger charge is -2.15. The van der Waals surface area contributed by atoms with Crippen LogP contribution < -0.4 is 0 Å². The van der Waals surface area contributed by atoms with Crippen LogP contribution in [0.2, 0.25) is 0 Å². The lowest BCUT2D eigenvalue weighted by atomic mass is 10.5. The summed E-state index contributed by atoms with van der Waals surface area (Å²) in [5, 5.41) is 8.34. The van der Waals surface area contributed by atoms with Crippen LogP contribution in [0.25, 0.3) is 0 Å². The van der Waals surface area contributed by atoms with Gasteiger partial charge in [0.1, 0.15) is 6.10 Å². The van der Waals surface area contributed by atoms with Crippen molar-refractivity contribution >= 4 is 11.8 Å². The first-order valence-corrected chi connectivity index (χ1v) is 2.66. The number of aliphatic hydroxyl groups excluding tert-OH is 1. The molecule has 0 atom stereocenters. The van der Waals surface area contributed by atoms with Crippen molar-refractivity contribution in [2.75, 3.05) is 11.5 Å². The zero-order valence-electron chi connectivity index (χ0n) is 2.77. The molecule has 0 aliphatic carbocycles. The summed E-state index contributed by atoms with van der Waals surface area (Å²) in [6.07, 6.45) is 0.648. The summed E-state index contributed by atoms with van der Waals surface area (Å²) < 4.78 is 0. The maximum atomic E-state index is 8.34. The lowest BCUT2D eigenvalue weighted by molar-refractivity contribution is 0.323. The van der Waals surface area contributed by atoms with Gasteiger partial charge in [0.05, 0.1) is 0 Å². The van der Waals surface area contributed by atoms with Gasteiger partial charge in [-0.2, -0.15) is 11.8 Å². The molecule has 1 radical (unpaired) electrons. The molecule has 1 saturated heterocycles. The van der Waals surface area contributed by atoms with E-state index >= 15 is 0 Å². The van der Waals surface area contributed by atoms with Gasteiger partial charge in [0, 0.05) is 11.5 Å². The summed E-state index contributed by atoms with van der Waals surface area (Å²) in [6.45, 7) is 0. The Kier molecular flexibility index (Phi) is 0.830. The van der Waals surface area contributed by atoms with Crippen LogP contribution in [0.1, 0.15) is 0 Å². The summed E-state index contributed by atoms with van der Waals surface area (Å²) in [4.78, 5) is 0. The minimum atomic E-state index is 0.648. The second-order valence-electron chi connectivity index (χ2n) is 1.06. The van der Waals surface area contributed by atoms with Crippen LogP contribution in [0.4, 0.5) is 0 Å². The van der Waals surface area contributed by atoms with E-state index in [0.717, 1.165) is 11.5 Å². The van der Waals surface area contributed by atoms with Crippen LogP contribution in [0.5, 0.6) is 0 Å². The Morgan fingerprint density at radius 1 is 1.60 bits per heavy atom. The Bertz CT molecular complexity index is 33.9. The fourth-order valence-electron chi connectivity index (χ4n) is 0.193. The molecule has 0 aromatic carbocycles. The summed E-state index contributed by atoms with van der Waals surface area (Å²) in [6, 6.07) is 0. The largest absolute Gasteiger partial charge is 0.385 e. The van der Waals surface area contributed by atoms with E-state index in [4.69, 9.17) is 5.11 Å². The molecule has 0 aromatic heterocycles. The highest BCUT2D eigenvalue weighted by molar-refractivity contribution is 8.01. The van der Waals surface area contributed by atoms with E-state index in [1.807, 2.05) is 0 Å². The molecule has 0 saturated carbocycles. The number of hydrogen-bond acceptors (Lipinski definition) is 2. The van der Waals surface area contributed by atoms with Gasteiger partial charge in [0.15, 0.2) is 0 Å². The predicted octanol–water partition coefficient (Wildman–Crippen LogP) is 0.638. The molecule has 0 spiro atoms. The highest BCUT2D eigenvalue weighted by Gasteiger charge is 2.13. The quantitative estimate of drug-likeness (QED) is 0.470. The van der Waals surface area contributed by atoms with Crippen molar-refractivity contribution in [2.45, 2.75) is 0 Å². The average Bonchev–Trinajstić information content (AvgIpc) is 1.30. The number of thioether (sulfide) groups is 1. The summed E-state index contributed by atoms with van der Waals surface area (Å²) in [7, 11) is 0. The van der Waals surface area contributed by atoms with Crippen LogP contribution in [0.3, 0.4) is 0 Å². The second-order valence-corrected chi connectivity index (χ2v) is 2.04. The molecule has 5 heavy (non-hydrogen) atoms. The van der Waals surface area contributed by atoms with E-state index in [-0.39, 0.29) is 0 Å². The molecule has 1 heterocycles. The molecule has 0 bridgehead atoms. The van der Waals surface area contributed by atoms with Crippen molar-refractivity contribution in [3.05, 3.63) is 6.10 Å². The minimum Gasteiger partial charge on any atom is -0.385 e. The molecular weight excluding hydrogens is 84.1 g/mol. The van der Waals surface area contributed by atoms with Crippen molar-refractivity contribution in [2.24, 2.45) is 0 Å². The third-order valence-electron chi connectivity index (χ3n) is 0.537. The van der Waals surface area contributed by atoms with Crippen molar-refractivity contribution in [1.29, 1.82) is 0 Å². The third kappa shape index (κ3) is 0.578. The smallest absolute Gasteiger partial charge is 0.113 e. The summed E-state index contributed by atoms with van der Waals surface area (Å²) in [5.74, 6) is 1.75.